The number of hydrogen-bond donors (Lipinski definition) is 6. The quantitative estimate of drug-likeness (QED) is 0.212. The summed E-state index contributed by atoms with van der Waals surface area (Å²) in [7, 11) is 0. The molecule has 0 unspecified atom stereocenters. The van der Waals surface area contributed by atoms with Crippen LogP contribution in [0, 0.1) is 11.8 Å². The second kappa shape index (κ2) is 14.3. The van der Waals surface area contributed by atoms with E-state index in [1.165, 1.54) is 0 Å². The minimum absolute atomic E-state index is 0.0538. The number of carbonyl (C=O) groups is 4. The second-order valence-electron chi connectivity index (χ2n) is 9.32. The molecule has 4 atom stereocenters. The van der Waals surface area contributed by atoms with Crippen LogP contribution in [-0.4, -0.2) is 59.5 Å². The number of aliphatic hydroxyl groups is 1. The topological polar surface area (TPSA) is 177 Å². The van der Waals surface area contributed by atoms with E-state index in [1.54, 1.807) is 24.3 Å². The SMILES string of the molecule is CC(C)C[C@H](NC(=O)[C@H](CC(C)C)NC(=O)[C@H](Cc1ccccc1)NC(=O)[C@@H](N)CO)C(N)=O. The largest absolute Gasteiger partial charge is 0.394 e. The Morgan fingerprint density at radius 1 is 0.794 bits per heavy atom. The number of aliphatic hydroxyl groups excluding tert-OH is 1. The van der Waals surface area contributed by atoms with E-state index in [2.05, 4.69) is 16.0 Å². The standard InChI is InChI=1S/C24H39N5O5/c1-14(2)10-18(21(26)31)27-23(33)19(11-15(3)4)29-24(34)20(28-22(32)17(25)13-30)12-16-8-6-5-7-9-16/h5-9,14-15,17-20,30H,10-13,25H2,1-4H3,(H2,26,31)(H,27,33)(H,28,32)(H,29,34)/t17-,18-,19-,20-/m0/s1. The van der Waals surface area contributed by atoms with E-state index < -0.39 is 54.4 Å². The zero-order chi connectivity index (χ0) is 25.8. The Bertz CT molecular complexity index is 815. The third-order valence-corrected chi connectivity index (χ3v) is 5.16. The first-order valence-corrected chi connectivity index (χ1v) is 11.5. The van der Waals surface area contributed by atoms with E-state index in [9.17, 15) is 24.3 Å². The summed E-state index contributed by atoms with van der Waals surface area (Å²) in [6.07, 6.45) is 0.839. The summed E-state index contributed by atoms with van der Waals surface area (Å²) in [5, 5.41) is 17.1. The zero-order valence-corrected chi connectivity index (χ0v) is 20.4. The Morgan fingerprint density at radius 2 is 1.26 bits per heavy atom. The van der Waals surface area contributed by atoms with Gasteiger partial charge in [-0.25, -0.2) is 0 Å². The lowest BCUT2D eigenvalue weighted by Crippen LogP contribution is -2.58. The van der Waals surface area contributed by atoms with E-state index in [4.69, 9.17) is 11.5 Å². The second-order valence-corrected chi connectivity index (χ2v) is 9.32. The number of primary amides is 1. The van der Waals surface area contributed by atoms with Crippen LogP contribution in [0.25, 0.3) is 0 Å². The van der Waals surface area contributed by atoms with Crippen LogP contribution in [0.1, 0.15) is 46.1 Å². The summed E-state index contributed by atoms with van der Waals surface area (Å²) in [5.41, 5.74) is 11.8. The molecule has 0 aliphatic carbocycles. The molecule has 0 spiro atoms. The summed E-state index contributed by atoms with van der Waals surface area (Å²) in [6, 6.07) is 5.03. The third-order valence-electron chi connectivity index (χ3n) is 5.16. The Hall–Kier alpha value is -2.98. The van der Waals surface area contributed by atoms with Crippen molar-refractivity contribution >= 4 is 23.6 Å². The monoisotopic (exact) mass is 477 g/mol. The van der Waals surface area contributed by atoms with Crippen LogP contribution < -0.4 is 27.4 Å². The lowest BCUT2D eigenvalue weighted by atomic mass is 9.99. The van der Waals surface area contributed by atoms with Gasteiger partial charge in [-0.15, -0.1) is 0 Å². The molecule has 1 aromatic rings. The molecule has 190 valence electrons. The summed E-state index contributed by atoms with van der Waals surface area (Å²) >= 11 is 0. The molecule has 0 heterocycles. The zero-order valence-electron chi connectivity index (χ0n) is 20.4. The van der Waals surface area contributed by atoms with Crippen molar-refractivity contribution in [2.45, 2.75) is 71.1 Å². The summed E-state index contributed by atoms with van der Waals surface area (Å²) in [4.78, 5) is 50.3. The molecule has 0 radical (unpaired) electrons. The van der Waals surface area contributed by atoms with Gasteiger partial charge in [-0.2, -0.15) is 0 Å². The average Bonchev–Trinajstić information content (AvgIpc) is 2.76. The molecule has 0 aromatic heterocycles. The molecule has 34 heavy (non-hydrogen) atoms. The molecule has 0 aliphatic rings. The van der Waals surface area contributed by atoms with Crippen LogP contribution >= 0.6 is 0 Å². The van der Waals surface area contributed by atoms with Crippen molar-refractivity contribution in [3.05, 3.63) is 35.9 Å². The van der Waals surface area contributed by atoms with Gasteiger partial charge in [-0.1, -0.05) is 58.0 Å². The van der Waals surface area contributed by atoms with Crippen LogP contribution in [-0.2, 0) is 25.6 Å². The molecule has 8 N–H and O–H groups in total. The van der Waals surface area contributed by atoms with Crippen molar-refractivity contribution in [1.82, 2.24) is 16.0 Å². The molecule has 1 rings (SSSR count). The number of benzene rings is 1. The van der Waals surface area contributed by atoms with Gasteiger partial charge in [0, 0.05) is 6.42 Å². The van der Waals surface area contributed by atoms with Gasteiger partial charge >= 0.3 is 0 Å². The van der Waals surface area contributed by atoms with Gasteiger partial charge in [0.1, 0.15) is 24.2 Å². The fourth-order valence-corrected chi connectivity index (χ4v) is 3.39. The maximum absolute atomic E-state index is 13.2. The number of amides is 4. The van der Waals surface area contributed by atoms with Gasteiger partial charge in [0.2, 0.25) is 23.6 Å². The minimum Gasteiger partial charge on any atom is -0.394 e. The van der Waals surface area contributed by atoms with E-state index in [0.717, 1.165) is 5.56 Å². The highest BCUT2D eigenvalue weighted by Gasteiger charge is 2.30. The maximum atomic E-state index is 13.2. The molecule has 0 bridgehead atoms. The van der Waals surface area contributed by atoms with Crippen molar-refractivity contribution in [2.24, 2.45) is 23.3 Å². The van der Waals surface area contributed by atoms with Crippen LogP contribution in [0.2, 0.25) is 0 Å². The summed E-state index contributed by atoms with van der Waals surface area (Å²) in [6.45, 7) is 7.03. The smallest absolute Gasteiger partial charge is 0.243 e. The van der Waals surface area contributed by atoms with Crippen LogP contribution in [0.15, 0.2) is 30.3 Å². The molecular weight excluding hydrogens is 438 g/mol. The van der Waals surface area contributed by atoms with E-state index in [-0.39, 0.29) is 18.3 Å². The van der Waals surface area contributed by atoms with Crippen molar-refractivity contribution in [3.8, 4) is 0 Å². The lowest BCUT2D eigenvalue weighted by molar-refractivity contribution is -0.134. The number of nitrogens with two attached hydrogens (primary N) is 2. The van der Waals surface area contributed by atoms with Gasteiger partial charge in [-0.05, 0) is 30.2 Å². The van der Waals surface area contributed by atoms with Gasteiger partial charge in [0.25, 0.3) is 0 Å². The highest BCUT2D eigenvalue weighted by atomic mass is 16.3. The Morgan fingerprint density at radius 3 is 1.76 bits per heavy atom. The van der Waals surface area contributed by atoms with E-state index in [1.807, 2.05) is 33.8 Å². The van der Waals surface area contributed by atoms with Gasteiger partial charge < -0.3 is 32.5 Å². The van der Waals surface area contributed by atoms with Crippen molar-refractivity contribution in [3.63, 3.8) is 0 Å². The van der Waals surface area contributed by atoms with E-state index in [0.29, 0.717) is 12.8 Å². The van der Waals surface area contributed by atoms with Gasteiger partial charge in [-0.3, -0.25) is 19.2 Å². The molecule has 4 amide bonds. The predicted molar refractivity (Wildman–Crippen MR) is 129 cm³/mol. The van der Waals surface area contributed by atoms with Crippen LogP contribution in [0.5, 0.6) is 0 Å². The highest BCUT2D eigenvalue weighted by Crippen LogP contribution is 2.10. The van der Waals surface area contributed by atoms with Gasteiger partial charge in [0.15, 0.2) is 0 Å². The first-order valence-electron chi connectivity index (χ1n) is 11.5. The highest BCUT2D eigenvalue weighted by molar-refractivity contribution is 5.94. The molecule has 0 aliphatic heterocycles. The fourth-order valence-electron chi connectivity index (χ4n) is 3.39. The lowest BCUT2D eigenvalue weighted by Gasteiger charge is -2.26. The number of carbonyl (C=O) groups excluding carboxylic acids is 4. The van der Waals surface area contributed by atoms with Crippen molar-refractivity contribution in [1.29, 1.82) is 0 Å². The van der Waals surface area contributed by atoms with Crippen LogP contribution in [0.4, 0.5) is 0 Å². The molecular formula is C24H39N5O5. The Labute approximate surface area is 201 Å². The number of hydrogen-bond acceptors (Lipinski definition) is 6. The first kappa shape index (κ1) is 29.1. The van der Waals surface area contributed by atoms with E-state index >= 15 is 0 Å². The first-order chi connectivity index (χ1) is 15.9. The average molecular weight is 478 g/mol. The molecule has 0 saturated carbocycles. The summed E-state index contributed by atoms with van der Waals surface area (Å²) < 4.78 is 0. The number of nitrogens with one attached hydrogen (secondary N) is 3. The predicted octanol–water partition coefficient (Wildman–Crippen LogP) is -0.419. The van der Waals surface area contributed by atoms with Crippen LogP contribution in [0.3, 0.4) is 0 Å². The fraction of sp³-hybridized carbons (Fsp3) is 0.583. The maximum Gasteiger partial charge on any atom is 0.243 e. The van der Waals surface area contributed by atoms with Crippen molar-refractivity contribution in [2.75, 3.05) is 6.61 Å². The minimum atomic E-state index is -1.19. The molecule has 0 saturated heterocycles. The number of rotatable bonds is 14. The molecule has 10 heteroatoms. The van der Waals surface area contributed by atoms with Crippen molar-refractivity contribution < 1.29 is 24.3 Å². The van der Waals surface area contributed by atoms with Gasteiger partial charge in [0.05, 0.1) is 6.61 Å². The molecule has 1 aromatic carbocycles. The third kappa shape index (κ3) is 10.3. The molecule has 10 nitrogen and oxygen atoms in total. The normalized spacial score (nSPS) is 14.7. The molecule has 0 fully saturated rings. The Kier molecular flexibility index (Phi) is 12.2. The Balaban J connectivity index is 3.07. The summed E-state index contributed by atoms with van der Waals surface area (Å²) in [5.74, 6) is -2.26.